The summed E-state index contributed by atoms with van der Waals surface area (Å²) in [7, 11) is 0. The topological polar surface area (TPSA) is 0 Å². The van der Waals surface area contributed by atoms with Crippen LogP contribution in [0.15, 0.2) is 18.2 Å². The second-order valence-corrected chi connectivity index (χ2v) is 7.49. The van der Waals surface area contributed by atoms with Crippen LogP contribution in [0.2, 0.25) is 0 Å². The van der Waals surface area contributed by atoms with Crippen molar-refractivity contribution in [3.8, 4) is 0 Å². The predicted molar refractivity (Wildman–Crippen MR) is 78.5 cm³/mol. The first kappa shape index (κ1) is 15.0. The quantitative estimate of drug-likeness (QED) is 0.643. The van der Waals surface area contributed by atoms with Crippen molar-refractivity contribution in [1.82, 2.24) is 0 Å². The average Bonchev–Trinajstić information content (AvgIpc) is 2.33. The Bertz CT molecular complexity index is 442. The molecule has 1 saturated carbocycles. The van der Waals surface area contributed by atoms with Gasteiger partial charge in [-0.05, 0) is 48.3 Å². The van der Waals surface area contributed by atoms with Gasteiger partial charge in [0.1, 0.15) is 0 Å². The van der Waals surface area contributed by atoms with Crippen LogP contribution in [-0.2, 0) is 6.42 Å². The zero-order valence-corrected chi connectivity index (χ0v) is 13.1. The van der Waals surface area contributed by atoms with Crippen LogP contribution in [0.4, 0.5) is 8.78 Å². The van der Waals surface area contributed by atoms with Crippen LogP contribution >= 0.6 is 15.9 Å². The standard InChI is InChI=1S/C16H21BrF2/c1-16(2)8-4-3-5-12(16)13(17)9-11-6-7-14(18)15(19)10-11/h6-7,10,12-13H,3-5,8-9H2,1-2H3. The third kappa shape index (κ3) is 3.56. The molecule has 0 aliphatic heterocycles. The van der Waals surface area contributed by atoms with E-state index >= 15 is 0 Å². The molecule has 2 atom stereocenters. The Balaban J connectivity index is 2.07. The van der Waals surface area contributed by atoms with E-state index in [4.69, 9.17) is 0 Å². The van der Waals surface area contributed by atoms with Gasteiger partial charge in [0.2, 0.25) is 0 Å². The fourth-order valence-corrected chi connectivity index (χ4v) is 4.58. The van der Waals surface area contributed by atoms with E-state index in [9.17, 15) is 8.78 Å². The van der Waals surface area contributed by atoms with E-state index in [0.717, 1.165) is 12.0 Å². The highest BCUT2D eigenvalue weighted by Crippen LogP contribution is 2.45. The number of halogens is 3. The second-order valence-electron chi connectivity index (χ2n) is 6.31. The van der Waals surface area contributed by atoms with Crippen LogP contribution in [0, 0.1) is 23.0 Å². The zero-order chi connectivity index (χ0) is 14.0. The Labute approximate surface area is 122 Å². The summed E-state index contributed by atoms with van der Waals surface area (Å²) in [4.78, 5) is 0.327. The Hall–Kier alpha value is -0.440. The number of hydrogen-bond acceptors (Lipinski definition) is 0. The first-order valence-electron chi connectivity index (χ1n) is 6.98. The molecule has 1 aromatic rings. The summed E-state index contributed by atoms with van der Waals surface area (Å²) in [5, 5.41) is 0. The second kappa shape index (κ2) is 5.90. The number of alkyl halides is 1. The van der Waals surface area contributed by atoms with Gasteiger partial charge in [-0.3, -0.25) is 0 Å². The van der Waals surface area contributed by atoms with Crippen molar-refractivity contribution >= 4 is 15.9 Å². The Morgan fingerprint density at radius 1 is 1.26 bits per heavy atom. The SMILES string of the molecule is CC1(C)CCCCC1C(Br)Cc1ccc(F)c(F)c1. The van der Waals surface area contributed by atoms with Crippen molar-refractivity contribution in [3.05, 3.63) is 35.4 Å². The van der Waals surface area contributed by atoms with Crippen molar-refractivity contribution in [2.45, 2.75) is 50.8 Å². The minimum Gasteiger partial charge on any atom is -0.204 e. The lowest BCUT2D eigenvalue weighted by Crippen LogP contribution is -2.35. The largest absolute Gasteiger partial charge is 0.204 e. The lowest BCUT2D eigenvalue weighted by atomic mass is 9.67. The van der Waals surface area contributed by atoms with E-state index in [-0.39, 0.29) is 0 Å². The predicted octanol–water partition coefficient (Wildman–Crippen LogP) is 5.49. The highest BCUT2D eigenvalue weighted by molar-refractivity contribution is 9.09. The fraction of sp³-hybridized carbons (Fsp3) is 0.625. The highest BCUT2D eigenvalue weighted by Gasteiger charge is 2.36. The van der Waals surface area contributed by atoms with E-state index in [2.05, 4.69) is 29.8 Å². The summed E-state index contributed by atoms with van der Waals surface area (Å²) < 4.78 is 26.2. The maximum atomic E-state index is 13.2. The highest BCUT2D eigenvalue weighted by atomic mass is 79.9. The minimum atomic E-state index is -0.770. The van der Waals surface area contributed by atoms with Crippen molar-refractivity contribution in [2.75, 3.05) is 0 Å². The maximum Gasteiger partial charge on any atom is 0.159 e. The Kier molecular flexibility index (Phi) is 4.65. The molecule has 0 aromatic heterocycles. The third-order valence-corrected chi connectivity index (χ3v) is 5.40. The van der Waals surface area contributed by atoms with Crippen LogP contribution < -0.4 is 0 Å². The summed E-state index contributed by atoms with van der Waals surface area (Å²) in [5.74, 6) is -0.928. The first-order chi connectivity index (χ1) is 8.90. The van der Waals surface area contributed by atoms with Gasteiger partial charge >= 0.3 is 0 Å². The van der Waals surface area contributed by atoms with Gasteiger partial charge in [0.25, 0.3) is 0 Å². The fourth-order valence-electron chi connectivity index (χ4n) is 3.23. The van der Waals surface area contributed by atoms with E-state index in [1.807, 2.05) is 0 Å². The lowest BCUT2D eigenvalue weighted by Gasteiger charge is -2.41. The van der Waals surface area contributed by atoms with Gasteiger partial charge in [-0.25, -0.2) is 8.78 Å². The molecule has 0 radical (unpaired) electrons. The smallest absolute Gasteiger partial charge is 0.159 e. The van der Waals surface area contributed by atoms with Crippen LogP contribution in [0.1, 0.15) is 45.1 Å². The van der Waals surface area contributed by atoms with Gasteiger partial charge in [0, 0.05) is 4.83 Å². The van der Waals surface area contributed by atoms with Crippen LogP contribution in [-0.4, -0.2) is 4.83 Å². The molecule has 106 valence electrons. The maximum absolute atomic E-state index is 13.2. The number of hydrogen-bond donors (Lipinski definition) is 0. The molecule has 0 saturated heterocycles. The van der Waals surface area contributed by atoms with Crippen molar-refractivity contribution in [3.63, 3.8) is 0 Å². The van der Waals surface area contributed by atoms with Crippen LogP contribution in [0.3, 0.4) is 0 Å². The zero-order valence-electron chi connectivity index (χ0n) is 11.6. The molecule has 0 amide bonds. The third-order valence-electron chi connectivity index (χ3n) is 4.44. The van der Waals surface area contributed by atoms with Gasteiger partial charge in [0.05, 0.1) is 0 Å². The molecule has 1 aliphatic carbocycles. The number of benzene rings is 1. The summed E-state index contributed by atoms with van der Waals surface area (Å²) >= 11 is 3.78. The monoisotopic (exact) mass is 330 g/mol. The summed E-state index contributed by atoms with van der Waals surface area (Å²) in [6.45, 7) is 4.63. The summed E-state index contributed by atoms with van der Waals surface area (Å²) in [6, 6.07) is 4.22. The van der Waals surface area contributed by atoms with Crippen molar-refractivity contribution in [2.24, 2.45) is 11.3 Å². The summed E-state index contributed by atoms with van der Waals surface area (Å²) in [6.07, 6.45) is 5.79. The molecule has 0 N–H and O–H groups in total. The van der Waals surface area contributed by atoms with Gasteiger partial charge < -0.3 is 0 Å². The van der Waals surface area contributed by atoms with Gasteiger partial charge in [-0.2, -0.15) is 0 Å². The van der Waals surface area contributed by atoms with Gasteiger partial charge in [0.15, 0.2) is 11.6 Å². The molecular formula is C16H21BrF2. The minimum absolute atomic E-state index is 0.324. The van der Waals surface area contributed by atoms with Crippen molar-refractivity contribution < 1.29 is 8.78 Å². The Morgan fingerprint density at radius 3 is 2.63 bits per heavy atom. The molecular weight excluding hydrogens is 310 g/mol. The summed E-state index contributed by atoms with van der Waals surface area (Å²) in [5.41, 5.74) is 1.19. The molecule has 0 spiro atoms. The molecule has 2 rings (SSSR count). The van der Waals surface area contributed by atoms with Gasteiger partial charge in [-0.15, -0.1) is 0 Å². The molecule has 1 fully saturated rings. The first-order valence-corrected chi connectivity index (χ1v) is 7.90. The molecule has 3 heteroatoms. The molecule has 2 unspecified atom stereocenters. The Morgan fingerprint density at radius 2 is 2.00 bits per heavy atom. The number of rotatable bonds is 3. The van der Waals surface area contributed by atoms with E-state index in [1.165, 1.54) is 37.8 Å². The molecule has 0 heterocycles. The van der Waals surface area contributed by atoms with Crippen molar-refractivity contribution in [1.29, 1.82) is 0 Å². The molecule has 0 nitrogen and oxygen atoms in total. The lowest BCUT2D eigenvalue weighted by molar-refractivity contribution is 0.136. The molecule has 0 bridgehead atoms. The van der Waals surface area contributed by atoms with Crippen LogP contribution in [0.25, 0.3) is 0 Å². The van der Waals surface area contributed by atoms with Crippen LogP contribution in [0.5, 0.6) is 0 Å². The average molecular weight is 331 g/mol. The van der Waals surface area contributed by atoms with E-state index in [1.54, 1.807) is 6.07 Å². The van der Waals surface area contributed by atoms with E-state index < -0.39 is 11.6 Å². The molecule has 1 aromatic carbocycles. The van der Waals surface area contributed by atoms with Gasteiger partial charge in [-0.1, -0.05) is 48.7 Å². The molecule has 19 heavy (non-hydrogen) atoms. The van der Waals surface area contributed by atoms with E-state index in [0.29, 0.717) is 16.2 Å². The molecule has 1 aliphatic rings. The normalized spacial score (nSPS) is 24.2.